The lowest BCUT2D eigenvalue weighted by molar-refractivity contribution is -0.141. The van der Waals surface area contributed by atoms with Gasteiger partial charge < -0.3 is 30.4 Å². The molecular formula is C42H54N8O4. The Kier molecular flexibility index (Phi) is 12.0. The van der Waals surface area contributed by atoms with E-state index in [1.165, 1.54) is 0 Å². The van der Waals surface area contributed by atoms with Crippen LogP contribution in [0.15, 0.2) is 60.9 Å². The third kappa shape index (κ3) is 8.27. The number of likely N-dealkylation sites (tertiary alicyclic amines) is 2. The average Bonchev–Trinajstić information content (AvgIpc) is 4.02. The maximum atomic E-state index is 13.6. The SMILES string of the molecule is CNC(=O)C[C@H](C(=O)N1CCC[C@@H]1c1ncc(-c2ccc(-c3ccc(-c4cnc([C@@H]5CCCN5C(=O)[C@@H](CC(=O)NC)C(C)C)[nH]4)cc3)cc2)[nH]1)C(C)C. The molecule has 12 heteroatoms. The Morgan fingerprint density at radius 2 is 0.981 bits per heavy atom. The summed E-state index contributed by atoms with van der Waals surface area (Å²) in [5.74, 6) is 0.685. The van der Waals surface area contributed by atoms with Crippen LogP contribution in [0.1, 0.15) is 90.0 Å². The number of rotatable bonds is 13. The van der Waals surface area contributed by atoms with Crippen LogP contribution in [-0.4, -0.2) is 80.5 Å². The molecule has 0 spiro atoms. The zero-order chi connectivity index (χ0) is 38.5. The summed E-state index contributed by atoms with van der Waals surface area (Å²) in [6.07, 6.45) is 7.48. The second kappa shape index (κ2) is 16.8. The highest BCUT2D eigenvalue weighted by Crippen LogP contribution is 2.36. The van der Waals surface area contributed by atoms with Crippen LogP contribution in [0.4, 0.5) is 0 Å². The van der Waals surface area contributed by atoms with Crippen LogP contribution in [0.5, 0.6) is 0 Å². The molecule has 2 fully saturated rings. The molecule has 0 saturated carbocycles. The summed E-state index contributed by atoms with van der Waals surface area (Å²) in [6.45, 7) is 9.29. The standard InChI is InChI=1S/C42H54N8O4/c1-25(2)31(21-37(51)43-5)41(53)49-19-7-9-35(49)39-45-23-33(47-39)29-15-11-27(12-16-29)28-13-17-30(18-14-28)34-24-46-40(48-34)36-10-8-20-50(36)42(54)32(26(3)4)22-38(52)44-6/h11-18,23-26,31-32,35-36H,7-10,19-22H2,1-6H3,(H,43,51)(H,44,52)(H,45,47)(H,46,48)/t31-,32-,35-,36+/m0/s1. The Hall–Kier alpha value is -5.26. The van der Waals surface area contributed by atoms with Crippen molar-refractivity contribution in [2.24, 2.45) is 23.7 Å². The van der Waals surface area contributed by atoms with Gasteiger partial charge in [0.15, 0.2) is 0 Å². The van der Waals surface area contributed by atoms with Gasteiger partial charge in [0.2, 0.25) is 23.6 Å². The highest BCUT2D eigenvalue weighted by atomic mass is 16.2. The van der Waals surface area contributed by atoms with Crippen molar-refractivity contribution in [1.82, 2.24) is 40.4 Å². The van der Waals surface area contributed by atoms with E-state index in [4.69, 9.17) is 9.97 Å². The molecule has 4 amide bonds. The Balaban J connectivity index is 1.11. The molecule has 4 N–H and O–H groups in total. The van der Waals surface area contributed by atoms with E-state index in [9.17, 15) is 19.2 Å². The molecule has 54 heavy (non-hydrogen) atoms. The first kappa shape index (κ1) is 38.5. The van der Waals surface area contributed by atoms with Crippen LogP contribution in [0.2, 0.25) is 0 Å². The molecular weight excluding hydrogens is 681 g/mol. The molecule has 0 bridgehead atoms. The number of hydrogen-bond acceptors (Lipinski definition) is 6. The van der Waals surface area contributed by atoms with Crippen LogP contribution < -0.4 is 10.6 Å². The van der Waals surface area contributed by atoms with Crippen molar-refractivity contribution in [3.05, 3.63) is 72.6 Å². The number of aromatic amines is 2. The Bertz CT molecular complexity index is 1790. The predicted octanol–water partition coefficient (Wildman–Crippen LogP) is 6.28. The van der Waals surface area contributed by atoms with E-state index >= 15 is 0 Å². The van der Waals surface area contributed by atoms with Crippen molar-refractivity contribution in [3.8, 4) is 33.6 Å². The van der Waals surface area contributed by atoms with Crippen molar-refractivity contribution in [2.75, 3.05) is 27.2 Å². The van der Waals surface area contributed by atoms with Gasteiger partial charge in [-0.3, -0.25) is 19.2 Å². The van der Waals surface area contributed by atoms with Crippen LogP contribution in [0.3, 0.4) is 0 Å². The third-order valence-electron chi connectivity index (χ3n) is 11.2. The van der Waals surface area contributed by atoms with Crippen molar-refractivity contribution in [3.63, 3.8) is 0 Å². The molecule has 12 nitrogen and oxygen atoms in total. The second-order valence-corrected chi connectivity index (χ2v) is 15.4. The van der Waals surface area contributed by atoms with E-state index in [-0.39, 0.29) is 72.2 Å². The first-order valence-corrected chi connectivity index (χ1v) is 19.3. The van der Waals surface area contributed by atoms with E-state index in [0.29, 0.717) is 13.1 Å². The number of H-pyrrole nitrogens is 2. The number of hydrogen-bond donors (Lipinski definition) is 4. The van der Waals surface area contributed by atoms with Crippen molar-refractivity contribution >= 4 is 23.6 Å². The van der Waals surface area contributed by atoms with Crippen LogP contribution >= 0.6 is 0 Å². The predicted molar refractivity (Wildman–Crippen MR) is 208 cm³/mol. The van der Waals surface area contributed by atoms with E-state index in [1.54, 1.807) is 14.1 Å². The average molecular weight is 735 g/mol. The zero-order valence-corrected chi connectivity index (χ0v) is 32.3. The summed E-state index contributed by atoms with van der Waals surface area (Å²) in [4.78, 5) is 71.7. The number of aromatic nitrogens is 4. The van der Waals surface area contributed by atoms with Crippen molar-refractivity contribution < 1.29 is 19.2 Å². The lowest BCUT2D eigenvalue weighted by Crippen LogP contribution is -2.40. The Labute approximate surface area is 317 Å². The van der Waals surface area contributed by atoms with Crippen LogP contribution in [0, 0.1) is 23.7 Å². The van der Waals surface area contributed by atoms with E-state index in [0.717, 1.165) is 71.0 Å². The fourth-order valence-corrected chi connectivity index (χ4v) is 7.87. The second-order valence-electron chi connectivity index (χ2n) is 15.4. The molecule has 2 aliphatic rings. The molecule has 0 radical (unpaired) electrons. The largest absolute Gasteiger partial charge is 0.359 e. The van der Waals surface area contributed by atoms with Crippen LogP contribution in [0.25, 0.3) is 33.6 Å². The topological polar surface area (TPSA) is 156 Å². The molecule has 2 aromatic carbocycles. The van der Waals surface area contributed by atoms with E-state index in [2.05, 4.69) is 69.1 Å². The van der Waals surface area contributed by atoms with E-state index in [1.807, 2.05) is 49.9 Å². The first-order valence-electron chi connectivity index (χ1n) is 19.3. The smallest absolute Gasteiger partial charge is 0.227 e. The summed E-state index contributed by atoms with van der Waals surface area (Å²) in [6, 6.07) is 16.4. The molecule has 4 atom stereocenters. The summed E-state index contributed by atoms with van der Waals surface area (Å²) in [5.41, 5.74) is 5.94. The zero-order valence-electron chi connectivity index (χ0n) is 32.3. The lowest BCUT2D eigenvalue weighted by atomic mass is 9.90. The molecule has 4 aromatic rings. The minimum absolute atomic E-state index is 0.0140. The number of nitrogens with zero attached hydrogens (tertiary/aromatic N) is 4. The minimum atomic E-state index is -0.371. The Morgan fingerprint density at radius 1 is 0.630 bits per heavy atom. The number of carbonyl (C=O) groups is 4. The van der Waals surface area contributed by atoms with Gasteiger partial charge in [-0.25, -0.2) is 9.97 Å². The molecule has 6 rings (SSSR count). The maximum absolute atomic E-state index is 13.6. The molecule has 4 heterocycles. The molecule has 0 unspecified atom stereocenters. The lowest BCUT2D eigenvalue weighted by Gasteiger charge is -2.29. The number of benzene rings is 2. The van der Waals surface area contributed by atoms with Gasteiger partial charge in [-0.1, -0.05) is 76.2 Å². The first-order chi connectivity index (χ1) is 26.0. The summed E-state index contributed by atoms with van der Waals surface area (Å²) in [7, 11) is 3.21. The summed E-state index contributed by atoms with van der Waals surface area (Å²) in [5, 5.41) is 5.31. The number of amides is 4. The van der Waals surface area contributed by atoms with Gasteiger partial charge in [0.1, 0.15) is 11.6 Å². The van der Waals surface area contributed by atoms with Gasteiger partial charge in [-0.15, -0.1) is 0 Å². The Morgan fingerprint density at radius 3 is 1.31 bits per heavy atom. The number of imidazole rings is 2. The third-order valence-corrected chi connectivity index (χ3v) is 11.2. The normalized spacial score (nSPS) is 18.3. The highest BCUT2D eigenvalue weighted by Gasteiger charge is 2.38. The fraction of sp³-hybridized carbons (Fsp3) is 0.476. The quantitative estimate of drug-likeness (QED) is 0.127. The van der Waals surface area contributed by atoms with Gasteiger partial charge in [-0.05, 0) is 59.8 Å². The molecule has 2 aromatic heterocycles. The van der Waals surface area contributed by atoms with Gasteiger partial charge >= 0.3 is 0 Å². The van der Waals surface area contributed by atoms with Gasteiger partial charge in [0.05, 0.1) is 35.9 Å². The molecule has 2 saturated heterocycles. The molecule has 0 aliphatic carbocycles. The summed E-state index contributed by atoms with van der Waals surface area (Å²) >= 11 is 0. The fourth-order valence-electron chi connectivity index (χ4n) is 7.87. The molecule has 286 valence electrons. The summed E-state index contributed by atoms with van der Waals surface area (Å²) < 4.78 is 0. The van der Waals surface area contributed by atoms with Crippen molar-refractivity contribution in [1.29, 1.82) is 0 Å². The van der Waals surface area contributed by atoms with Crippen molar-refractivity contribution in [2.45, 2.75) is 78.3 Å². The van der Waals surface area contributed by atoms with Gasteiger partial charge in [0.25, 0.3) is 0 Å². The van der Waals surface area contributed by atoms with Gasteiger partial charge in [-0.2, -0.15) is 0 Å². The molecule has 2 aliphatic heterocycles. The van der Waals surface area contributed by atoms with Gasteiger partial charge in [0, 0.05) is 51.9 Å². The number of nitrogens with one attached hydrogen (secondary N) is 4. The number of carbonyl (C=O) groups excluding carboxylic acids is 4. The highest BCUT2D eigenvalue weighted by molar-refractivity contribution is 5.87. The minimum Gasteiger partial charge on any atom is -0.359 e. The monoisotopic (exact) mass is 734 g/mol. The van der Waals surface area contributed by atoms with E-state index < -0.39 is 0 Å². The maximum Gasteiger partial charge on any atom is 0.227 e. The van der Waals surface area contributed by atoms with Crippen LogP contribution in [-0.2, 0) is 19.2 Å².